The van der Waals surface area contributed by atoms with Gasteiger partial charge < -0.3 is 24.0 Å². The molecule has 0 bridgehead atoms. The maximum atomic E-state index is 13.1. The summed E-state index contributed by atoms with van der Waals surface area (Å²) in [7, 11) is 1.22. The van der Waals surface area contributed by atoms with Gasteiger partial charge in [0.1, 0.15) is 12.4 Å². The van der Waals surface area contributed by atoms with Gasteiger partial charge in [-0.1, -0.05) is 0 Å². The first-order valence-corrected chi connectivity index (χ1v) is 14.4. The molecule has 1 amide bonds. The SMILES string of the molecule is COc1cc(C)c(S(=O)(=O)N(C)CCOCC(=O)N(C)[C@H]2CC[C@@H](OCCN3CCC3)CC2)c(C)c1. The van der Waals surface area contributed by atoms with Crippen molar-refractivity contribution in [3.63, 3.8) is 0 Å². The van der Waals surface area contributed by atoms with Gasteiger partial charge in [-0.2, -0.15) is 4.31 Å². The summed E-state index contributed by atoms with van der Waals surface area (Å²) in [6.07, 6.45) is 5.38. The zero-order valence-corrected chi connectivity index (χ0v) is 23.3. The molecule has 1 saturated heterocycles. The summed E-state index contributed by atoms with van der Waals surface area (Å²) >= 11 is 0. The van der Waals surface area contributed by atoms with Crippen LogP contribution in [0, 0.1) is 13.8 Å². The van der Waals surface area contributed by atoms with Crippen LogP contribution in [0.25, 0.3) is 0 Å². The highest BCUT2D eigenvalue weighted by molar-refractivity contribution is 7.89. The van der Waals surface area contributed by atoms with E-state index in [0.29, 0.717) is 16.9 Å². The second-order valence-corrected chi connectivity index (χ2v) is 12.0. The Balaban J connectivity index is 1.37. The highest BCUT2D eigenvalue weighted by Crippen LogP contribution is 2.28. The first kappa shape index (κ1) is 28.8. The summed E-state index contributed by atoms with van der Waals surface area (Å²) in [5.41, 5.74) is 1.26. The van der Waals surface area contributed by atoms with Gasteiger partial charge in [0, 0.05) is 33.2 Å². The Morgan fingerprint density at radius 3 is 2.25 bits per heavy atom. The number of nitrogens with zero attached hydrogens (tertiary/aromatic N) is 3. The van der Waals surface area contributed by atoms with E-state index in [2.05, 4.69) is 4.90 Å². The molecule has 1 aliphatic carbocycles. The molecule has 36 heavy (non-hydrogen) atoms. The molecule has 0 radical (unpaired) electrons. The van der Waals surface area contributed by atoms with Gasteiger partial charge in [0.25, 0.3) is 0 Å². The normalized spacial score (nSPS) is 20.8. The highest BCUT2D eigenvalue weighted by Gasteiger charge is 2.28. The standard InChI is InChI=1S/C26H43N3O6S/c1-20-17-24(33-5)18-21(2)26(20)36(31,32)27(3)13-15-34-19-25(30)28(4)22-7-9-23(10-8-22)35-16-14-29-11-6-12-29/h17-18,22-23H,6-16,19H2,1-5H3/t22-,23+. The largest absolute Gasteiger partial charge is 0.497 e. The van der Waals surface area contributed by atoms with Crippen LogP contribution in [-0.2, 0) is 24.3 Å². The minimum atomic E-state index is -3.69. The zero-order valence-electron chi connectivity index (χ0n) is 22.5. The first-order chi connectivity index (χ1) is 17.1. The van der Waals surface area contributed by atoms with Crippen molar-refractivity contribution in [2.75, 3.05) is 67.2 Å². The summed E-state index contributed by atoms with van der Waals surface area (Å²) in [6.45, 7) is 7.95. The van der Waals surface area contributed by atoms with Crippen molar-refractivity contribution in [2.45, 2.75) is 63.0 Å². The molecule has 0 N–H and O–H groups in total. The van der Waals surface area contributed by atoms with E-state index in [1.54, 1.807) is 38.0 Å². The van der Waals surface area contributed by atoms with Crippen LogP contribution in [0.3, 0.4) is 0 Å². The monoisotopic (exact) mass is 525 g/mol. The van der Waals surface area contributed by atoms with Crippen LogP contribution in [-0.4, -0.2) is 108 Å². The number of carbonyl (C=O) groups excluding carboxylic acids is 1. The van der Waals surface area contributed by atoms with Crippen LogP contribution < -0.4 is 4.74 Å². The Morgan fingerprint density at radius 2 is 1.69 bits per heavy atom. The van der Waals surface area contributed by atoms with Gasteiger partial charge in [-0.15, -0.1) is 0 Å². The minimum absolute atomic E-state index is 0.0583. The fourth-order valence-corrected chi connectivity index (χ4v) is 6.48. The second kappa shape index (κ2) is 13.2. The maximum Gasteiger partial charge on any atom is 0.248 e. The van der Waals surface area contributed by atoms with Crippen molar-refractivity contribution in [1.82, 2.24) is 14.1 Å². The lowest BCUT2D eigenvalue weighted by Crippen LogP contribution is -2.43. The van der Waals surface area contributed by atoms with Crippen molar-refractivity contribution >= 4 is 15.9 Å². The third-order valence-electron chi connectivity index (χ3n) is 7.41. The average Bonchev–Trinajstić information content (AvgIpc) is 2.82. The Labute approximate surface area is 216 Å². The summed E-state index contributed by atoms with van der Waals surface area (Å²) < 4.78 is 44.3. The van der Waals surface area contributed by atoms with Crippen molar-refractivity contribution in [1.29, 1.82) is 0 Å². The quantitative estimate of drug-likeness (QED) is 0.366. The number of aryl methyl sites for hydroxylation is 2. The molecule has 1 aliphatic heterocycles. The molecular formula is C26H43N3O6S. The molecule has 1 heterocycles. The lowest BCUT2D eigenvalue weighted by molar-refractivity contribution is -0.138. The zero-order chi connectivity index (χ0) is 26.3. The molecule has 1 aromatic rings. The van der Waals surface area contributed by atoms with Gasteiger partial charge in [0.2, 0.25) is 15.9 Å². The van der Waals surface area contributed by atoms with E-state index in [1.807, 2.05) is 7.05 Å². The Kier molecular flexibility index (Phi) is 10.6. The van der Waals surface area contributed by atoms with Crippen LogP contribution in [0.1, 0.15) is 43.2 Å². The molecule has 3 rings (SSSR count). The molecule has 204 valence electrons. The van der Waals surface area contributed by atoms with Gasteiger partial charge >= 0.3 is 0 Å². The molecule has 0 aromatic heterocycles. The number of sulfonamides is 1. The van der Waals surface area contributed by atoms with Gasteiger partial charge in [-0.25, -0.2) is 8.42 Å². The van der Waals surface area contributed by atoms with Crippen LogP contribution in [0.2, 0.25) is 0 Å². The number of ether oxygens (including phenoxy) is 3. The molecule has 1 saturated carbocycles. The van der Waals surface area contributed by atoms with Gasteiger partial charge in [0.05, 0.1) is 31.3 Å². The van der Waals surface area contributed by atoms with E-state index < -0.39 is 10.0 Å². The smallest absolute Gasteiger partial charge is 0.248 e. The first-order valence-electron chi connectivity index (χ1n) is 12.9. The van der Waals surface area contributed by atoms with Crippen LogP contribution in [0.15, 0.2) is 17.0 Å². The van der Waals surface area contributed by atoms with E-state index in [-0.39, 0.29) is 42.7 Å². The fourth-order valence-electron chi connectivity index (χ4n) is 4.92. The summed E-state index contributed by atoms with van der Waals surface area (Å²) in [4.78, 5) is 17.1. The summed E-state index contributed by atoms with van der Waals surface area (Å²) in [5.74, 6) is 0.547. The lowest BCUT2D eigenvalue weighted by atomic mass is 9.92. The molecule has 0 spiro atoms. The molecule has 1 aromatic carbocycles. The summed E-state index contributed by atoms with van der Waals surface area (Å²) in [5, 5.41) is 0. The Hall–Kier alpha value is -1.72. The number of likely N-dealkylation sites (N-methyl/N-ethyl adjacent to an activating group) is 2. The molecule has 10 heteroatoms. The van der Waals surface area contributed by atoms with Crippen LogP contribution in [0.4, 0.5) is 0 Å². The predicted molar refractivity (Wildman–Crippen MR) is 139 cm³/mol. The number of methoxy groups -OCH3 is 1. The number of benzene rings is 1. The second-order valence-electron chi connectivity index (χ2n) is 9.97. The molecule has 2 aliphatic rings. The van der Waals surface area contributed by atoms with E-state index in [1.165, 1.54) is 30.9 Å². The molecule has 9 nitrogen and oxygen atoms in total. The van der Waals surface area contributed by atoms with Crippen molar-refractivity contribution in [3.8, 4) is 5.75 Å². The third-order valence-corrected chi connectivity index (χ3v) is 9.57. The van der Waals surface area contributed by atoms with Crippen LogP contribution in [0.5, 0.6) is 5.75 Å². The summed E-state index contributed by atoms with van der Waals surface area (Å²) in [6, 6.07) is 3.62. The molecule has 2 fully saturated rings. The number of rotatable bonds is 13. The number of carbonyl (C=O) groups is 1. The van der Waals surface area contributed by atoms with Crippen LogP contribution >= 0.6 is 0 Å². The lowest BCUT2D eigenvalue weighted by Gasteiger charge is -2.35. The van der Waals surface area contributed by atoms with Crippen molar-refractivity contribution < 1.29 is 27.4 Å². The number of amides is 1. The Bertz CT molecular complexity index is 951. The number of hydrogen-bond donors (Lipinski definition) is 0. The maximum absolute atomic E-state index is 13.1. The third kappa shape index (κ3) is 7.41. The van der Waals surface area contributed by atoms with Gasteiger partial charge in [-0.05, 0) is 82.3 Å². The van der Waals surface area contributed by atoms with Gasteiger partial charge in [0.15, 0.2) is 0 Å². The van der Waals surface area contributed by atoms with Crippen molar-refractivity contribution in [2.24, 2.45) is 0 Å². The van der Waals surface area contributed by atoms with E-state index in [0.717, 1.165) is 38.8 Å². The van der Waals surface area contributed by atoms with Crippen molar-refractivity contribution in [3.05, 3.63) is 23.3 Å². The average molecular weight is 526 g/mol. The fraction of sp³-hybridized carbons (Fsp3) is 0.731. The molecule has 0 atom stereocenters. The number of hydrogen-bond acceptors (Lipinski definition) is 7. The molecule has 0 unspecified atom stereocenters. The topological polar surface area (TPSA) is 88.6 Å². The Morgan fingerprint density at radius 1 is 1.06 bits per heavy atom. The van der Waals surface area contributed by atoms with Gasteiger partial charge in [-0.3, -0.25) is 4.79 Å². The molecular weight excluding hydrogens is 482 g/mol. The number of likely N-dealkylation sites (tertiary alicyclic amines) is 1. The highest BCUT2D eigenvalue weighted by atomic mass is 32.2. The van der Waals surface area contributed by atoms with E-state index in [9.17, 15) is 13.2 Å². The van der Waals surface area contributed by atoms with E-state index >= 15 is 0 Å². The minimum Gasteiger partial charge on any atom is -0.497 e. The predicted octanol–water partition coefficient (Wildman–Crippen LogP) is 2.44. The van der Waals surface area contributed by atoms with E-state index in [4.69, 9.17) is 14.2 Å².